The lowest BCUT2D eigenvalue weighted by molar-refractivity contribution is -0.121. The summed E-state index contributed by atoms with van der Waals surface area (Å²) >= 11 is 0. The second-order valence-corrected chi connectivity index (χ2v) is 5.68. The molecule has 5 nitrogen and oxygen atoms in total. The van der Waals surface area contributed by atoms with Gasteiger partial charge in [0.05, 0.1) is 12.2 Å². The van der Waals surface area contributed by atoms with Gasteiger partial charge >= 0.3 is 0 Å². The van der Waals surface area contributed by atoms with Crippen LogP contribution in [-0.2, 0) is 11.2 Å². The maximum Gasteiger partial charge on any atom is 0.220 e. The van der Waals surface area contributed by atoms with Crippen molar-refractivity contribution in [2.45, 2.75) is 25.8 Å². The number of amides is 1. The zero-order valence-corrected chi connectivity index (χ0v) is 13.4. The SMILES string of the molecule is Cc1cccc([C@H](CNC(=O)CCc2ccno2)N(C)C)c1. The molecule has 118 valence electrons. The Labute approximate surface area is 131 Å². The van der Waals surface area contributed by atoms with Gasteiger partial charge in [-0.05, 0) is 26.6 Å². The van der Waals surface area contributed by atoms with Crippen LogP contribution in [0.2, 0.25) is 0 Å². The van der Waals surface area contributed by atoms with E-state index in [1.54, 1.807) is 12.3 Å². The standard InChI is InChI=1S/C17H23N3O2/c1-13-5-4-6-14(11-13)16(20(2)3)12-18-17(21)8-7-15-9-10-19-22-15/h4-6,9-11,16H,7-8,12H2,1-3H3,(H,18,21)/t16-/m0/s1. The summed E-state index contributed by atoms with van der Waals surface area (Å²) in [5.74, 6) is 0.758. The Morgan fingerprint density at radius 2 is 2.18 bits per heavy atom. The molecule has 0 radical (unpaired) electrons. The van der Waals surface area contributed by atoms with Gasteiger partial charge in [0.25, 0.3) is 0 Å². The van der Waals surface area contributed by atoms with E-state index < -0.39 is 0 Å². The number of benzene rings is 1. The van der Waals surface area contributed by atoms with Crippen LogP contribution >= 0.6 is 0 Å². The van der Waals surface area contributed by atoms with Crippen LogP contribution < -0.4 is 5.32 Å². The Bertz CT molecular complexity index is 594. The molecular weight excluding hydrogens is 278 g/mol. The van der Waals surface area contributed by atoms with Crippen LogP contribution in [0.3, 0.4) is 0 Å². The summed E-state index contributed by atoms with van der Waals surface area (Å²) in [5.41, 5.74) is 2.43. The van der Waals surface area contributed by atoms with Crippen molar-refractivity contribution >= 4 is 5.91 Å². The minimum absolute atomic E-state index is 0.0240. The lowest BCUT2D eigenvalue weighted by Crippen LogP contribution is -2.34. The monoisotopic (exact) mass is 301 g/mol. The molecule has 0 aliphatic heterocycles. The molecule has 2 aromatic rings. The number of aromatic nitrogens is 1. The summed E-state index contributed by atoms with van der Waals surface area (Å²) in [6.07, 6.45) is 2.57. The Kier molecular flexibility index (Phi) is 5.72. The van der Waals surface area contributed by atoms with Gasteiger partial charge in [0.15, 0.2) is 0 Å². The van der Waals surface area contributed by atoms with E-state index in [9.17, 15) is 4.79 Å². The third kappa shape index (κ3) is 4.70. The smallest absolute Gasteiger partial charge is 0.220 e. The van der Waals surface area contributed by atoms with Crippen molar-refractivity contribution in [2.75, 3.05) is 20.6 Å². The zero-order chi connectivity index (χ0) is 15.9. The number of rotatable bonds is 7. The molecule has 1 heterocycles. The molecule has 1 atom stereocenters. The Hall–Kier alpha value is -2.14. The highest BCUT2D eigenvalue weighted by Gasteiger charge is 2.15. The van der Waals surface area contributed by atoms with E-state index in [0.29, 0.717) is 19.4 Å². The lowest BCUT2D eigenvalue weighted by atomic mass is 10.0. The third-order valence-electron chi connectivity index (χ3n) is 3.63. The van der Waals surface area contributed by atoms with Crippen LogP contribution in [0.1, 0.15) is 29.3 Å². The lowest BCUT2D eigenvalue weighted by Gasteiger charge is -2.25. The summed E-state index contributed by atoms with van der Waals surface area (Å²) < 4.78 is 4.99. The number of carbonyl (C=O) groups is 1. The second kappa shape index (κ2) is 7.75. The normalized spacial score (nSPS) is 12.4. The summed E-state index contributed by atoms with van der Waals surface area (Å²) in [4.78, 5) is 14.1. The summed E-state index contributed by atoms with van der Waals surface area (Å²) in [6.45, 7) is 2.66. The molecule has 0 saturated carbocycles. The summed E-state index contributed by atoms with van der Waals surface area (Å²) in [5, 5.41) is 6.63. The van der Waals surface area contributed by atoms with E-state index in [0.717, 1.165) is 5.76 Å². The highest BCUT2D eigenvalue weighted by atomic mass is 16.5. The molecule has 0 aliphatic rings. The van der Waals surface area contributed by atoms with Gasteiger partial charge in [-0.25, -0.2) is 0 Å². The average molecular weight is 301 g/mol. The fraction of sp³-hybridized carbons (Fsp3) is 0.412. The zero-order valence-electron chi connectivity index (χ0n) is 13.4. The fourth-order valence-electron chi connectivity index (χ4n) is 2.38. The van der Waals surface area contributed by atoms with Crippen molar-refractivity contribution in [3.05, 3.63) is 53.4 Å². The number of hydrogen-bond acceptors (Lipinski definition) is 4. The highest BCUT2D eigenvalue weighted by molar-refractivity contribution is 5.76. The quantitative estimate of drug-likeness (QED) is 0.853. The first kappa shape index (κ1) is 16.2. The minimum atomic E-state index is 0.0240. The second-order valence-electron chi connectivity index (χ2n) is 5.68. The molecule has 0 spiro atoms. The molecule has 0 saturated heterocycles. The third-order valence-corrected chi connectivity index (χ3v) is 3.63. The van der Waals surface area contributed by atoms with Crippen LogP contribution in [0.15, 0.2) is 41.1 Å². The van der Waals surface area contributed by atoms with Crippen molar-refractivity contribution in [3.63, 3.8) is 0 Å². The maximum absolute atomic E-state index is 12.0. The van der Waals surface area contributed by atoms with Gasteiger partial charge in [0.2, 0.25) is 5.91 Å². The van der Waals surface area contributed by atoms with E-state index in [1.807, 2.05) is 20.2 Å². The molecule has 5 heteroatoms. The largest absolute Gasteiger partial charge is 0.361 e. The minimum Gasteiger partial charge on any atom is -0.361 e. The van der Waals surface area contributed by atoms with Crippen LogP contribution in [0.25, 0.3) is 0 Å². The Morgan fingerprint density at radius 1 is 1.36 bits per heavy atom. The average Bonchev–Trinajstić information content (AvgIpc) is 2.98. The number of nitrogens with one attached hydrogen (secondary N) is 1. The van der Waals surface area contributed by atoms with E-state index in [2.05, 4.69) is 40.5 Å². The van der Waals surface area contributed by atoms with Gasteiger partial charge in [0, 0.05) is 25.5 Å². The first-order valence-corrected chi connectivity index (χ1v) is 7.45. The van der Waals surface area contributed by atoms with Gasteiger partial charge in [-0.2, -0.15) is 0 Å². The molecule has 0 fully saturated rings. The molecule has 1 N–H and O–H groups in total. The van der Waals surface area contributed by atoms with Crippen LogP contribution in [0.4, 0.5) is 0 Å². The van der Waals surface area contributed by atoms with Gasteiger partial charge in [0.1, 0.15) is 5.76 Å². The van der Waals surface area contributed by atoms with E-state index in [-0.39, 0.29) is 11.9 Å². The number of hydrogen-bond donors (Lipinski definition) is 1. The topological polar surface area (TPSA) is 58.4 Å². The summed E-state index contributed by atoms with van der Waals surface area (Å²) in [6, 6.07) is 10.3. The Balaban J connectivity index is 1.87. The maximum atomic E-state index is 12.0. The van der Waals surface area contributed by atoms with Crippen molar-refractivity contribution in [2.24, 2.45) is 0 Å². The van der Waals surface area contributed by atoms with Gasteiger partial charge in [-0.1, -0.05) is 35.0 Å². The molecule has 0 bridgehead atoms. The molecular formula is C17H23N3O2. The van der Waals surface area contributed by atoms with Crippen LogP contribution in [-0.4, -0.2) is 36.6 Å². The predicted octanol–water partition coefficient (Wildman–Crippen LogP) is 2.33. The molecule has 1 aromatic heterocycles. The molecule has 1 amide bonds. The van der Waals surface area contributed by atoms with Gasteiger partial charge in [-0.3, -0.25) is 4.79 Å². The molecule has 0 unspecified atom stereocenters. The first-order chi connectivity index (χ1) is 10.6. The van der Waals surface area contributed by atoms with Crippen LogP contribution in [0, 0.1) is 6.92 Å². The van der Waals surface area contributed by atoms with E-state index >= 15 is 0 Å². The molecule has 0 aliphatic carbocycles. The highest BCUT2D eigenvalue weighted by Crippen LogP contribution is 2.18. The van der Waals surface area contributed by atoms with E-state index in [1.165, 1.54) is 11.1 Å². The molecule has 22 heavy (non-hydrogen) atoms. The number of carbonyl (C=O) groups excluding carboxylic acids is 1. The van der Waals surface area contributed by atoms with Gasteiger partial charge in [-0.15, -0.1) is 0 Å². The molecule has 1 aromatic carbocycles. The molecule has 2 rings (SSSR count). The van der Waals surface area contributed by atoms with Crippen molar-refractivity contribution in [1.82, 2.24) is 15.4 Å². The predicted molar refractivity (Wildman–Crippen MR) is 85.4 cm³/mol. The van der Waals surface area contributed by atoms with Gasteiger partial charge < -0.3 is 14.7 Å². The number of nitrogens with zero attached hydrogens (tertiary/aromatic N) is 2. The van der Waals surface area contributed by atoms with E-state index in [4.69, 9.17) is 4.52 Å². The van der Waals surface area contributed by atoms with Crippen molar-refractivity contribution < 1.29 is 9.32 Å². The first-order valence-electron chi connectivity index (χ1n) is 7.45. The van der Waals surface area contributed by atoms with Crippen LogP contribution in [0.5, 0.6) is 0 Å². The summed E-state index contributed by atoms with van der Waals surface area (Å²) in [7, 11) is 4.04. The Morgan fingerprint density at radius 3 is 2.82 bits per heavy atom. The number of likely N-dealkylation sites (N-methyl/N-ethyl adjacent to an activating group) is 1. The van der Waals surface area contributed by atoms with Crippen molar-refractivity contribution in [3.8, 4) is 0 Å². The number of aryl methyl sites for hydroxylation is 2. The fourth-order valence-corrected chi connectivity index (χ4v) is 2.38. The van der Waals surface area contributed by atoms with Crippen molar-refractivity contribution in [1.29, 1.82) is 0 Å².